The maximum atomic E-state index is 2.50. The zero-order chi connectivity index (χ0) is 17.6. The van der Waals surface area contributed by atoms with E-state index in [0.717, 1.165) is 12.5 Å². The van der Waals surface area contributed by atoms with Crippen molar-refractivity contribution in [1.82, 2.24) is 4.90 Å². The van der Waals surface area contributed by atoms with Gasteiger partial charge in [0.2, 0.25) is 0 Å². The third-order valence-corrected chi connectivity index (χ3v) is 5.59. The Morgan fingerprint density at radius 1 is 0.885 bits per heavy atom. The molecule has 2 aromatic carbocycles. The van der Waals surface area contributed by atoms with E-state index in [2.05, 4.69) is 96.1 Å². The number of benzene rings is 2. The van der Waals surface area contributed by atoms with Gasteiger partial charge >= 0.3 is 0 Å². The Morgan fingerprint density at radius 2 is 1.65 bits per heavy atom. The Morgan fingerprint density at radius 3 is 2.46 bits per heavy atom. The van der Waals surface area contributed by atoms with Crippen LogP contribution in [0.25, 0.3) is 5.57 Å². The molecule has 2 aliphatic rings. The SMILES string of the molecule is C1=CC(c2ccccc2)N(CCC2CCC=C(c3ccccc3)C2)C=C1. The molecular weight excluding hydrogens is 314 g/mol. The molecule has 2 unspecified atom stereocenters. The van der Waals surface area contributed by atoms with Gasteiger partial charge in [-0.3, -0.25) is 0 Å². The summed E-state index contributed by atoms with van der Waals surface area (Å²) in [5.74, 6) is 0.783. The first kappa shape index (κ1) is 16.9. The molecule has 0 bridgehead atoms. The zero-order valence-electron chi connectivity index (χ0n) is 15.3. The van der Waals surface area contributed by atoms with E-state index in [-0.39, 0.29) is 0 Å². The lowest BCUT2D eigenvalue weighted by atomic mass is 9.83. The number of allylic oxidation sites excluding steroid dienone is 4. The molecule has 0 saturated carbocycles. The fourth-order valence-electron chi connectivity index (χ4n) is 4.15. The van der Waals surface area contributed by atoms with Gasteiger partial charge in [0, 0.05) is 6.54 Å². The Labute approximate surface area is 157 Å². The van der Waals surface area contributed by atoms with Crippen molar-refractivity contribution < 1.29 is 0 Å². The average molecular weight is 341 g/mol. The molecule has 132 valence electrons. The summed E-state index contributed by atoms with van der Waals surface area (Å²) in [5, 5.41) is 0. The molecule has 2 atom stereocenters. The van der Waals surface area contributed by atoms with E-state index in [9.17, 15) is 0 Å². The topological polar surface area (TPSA) is 3.24 Å². The van der Waals surface area contributed by atoms with Crippen molar-refractivity contribution in [3.8, 4) is 0 Å². The molecule has 1 nitrogen and oxygen atoms in total. The minimum Gasteiger partial charge on any atom is -0.367 e. The zero-order valence-corrected chi connectivity index (χ0v) is 15.3. The molecule has 0 fully saturated rings. The van der Waals surface area contributed by atoms with Crippen LogP contribution in [-0.2, 0) is 0 Å². The Hall–Kier alpha value is -2.54. The van der Waals surface area contributed by atoms with Crippen LogP contribution < -0.4 is 0 Å². The molecule has 4 rings (SSSR count). The summed E-state index contributed by atoms with van der Waals surface area (Å²) in [6.45, 7) is 1.12. The van der Waals surface area contributed by atoms with Crippen molar-refractivity contribution in [3.63, 3.8) is 0 Å². The van der Waals surface area contributed by atoms with E-state index in [1.807, 2.05) is 0 Å². The van der Waals surface area contributed by atoms with Crippen LogP contribution in [0.5, 0.6) is 0 Å². The largest absolute Gasteiger partial charge is 0.367 e. The van der Waals surface area contributed by atoms with Gasteiger partial charge in [0.05, 0.1) is 6.04 Å². The van der Waals surface area contributed by atoms with Crippen LogP contribution in [-0.4, -0.2) is 11.4 Å². The van der Waals surface area contributed by atoms with Gasteiger partial charge in [-0.05, 0) is 60.6 Å². The molecule has 0 amide bonds. The van der Waals surface area contributed by atoms with Crippen LogP contribution >= 0.6 is 0 Å². The van der Waals surface area contributed by atoms with Crippen molar-refractivity contribution in [1.29, 1.82) is 0 Å². The first-order valence-electron chi connectivity index (χ1n) is 9.80. The molecule has 1 aliphatic carbocycles. The maximum absolute atomic E-state index is 2.50. The van der Waals surface area contributed by atoms with Crippen molar-refractivity contribution >= 4 is 5.57 Å². The molecule has 0 aromatic heterocycles. The predicted molar refractivity (Wildman–Crippen MR) is 111 cm³/mol. The highest BCUT2D eigenvalue weighted by Crippen LogP contribution is 2.34. The van der Waals surface area contributed by atoms with E-state index in [1.54, 1.807) is 0 Å². The highest BCUT2D eigenvalue weighted by atomic mass is 15.1. The summed E-state index contributed by atoms with van der Waals surface area (Å²) < 4.78 is 0. The van der Waals surface area contributed by atoms with Gasteiger partial charge in [0.15, 0.2) is 0 Å². The number of nitrogens with zero attached hydrogens (tertiary/aromatic N) is 1. The van der Waals surface area contributed by atoms with Crippen LogP contribution in [0.15, 0.2) is 91.2 Å². The first-order valence-corrected chi connectivity index (χ1v) is 9.80. The molecule has 1 heteroatoms. The molecule has 1 heterocycles. The van der Waals surface area contributed by atoms with Gasteiger partial charge < -0.3 is 4.90 Å². The predicted octanol–water partition coefficient (Wildman–Crippen LogP) is 6.39. The second-order valence-electron chi connectivity index (χ2n) is 7.35. The molecule has 0 saturated heterocycles. The van der Waals surface area contributed by atoms with Gasteiger partial charge in [0.1, 0.15) is 0 Å². The standard InChI is InChI=1S/C25H27N/c1-3-11-22(12-4-1)24-15-9-10-21(20-24)17-19-26-18-8-7-16-25(26)23-13-5-2-6-14-23/h1-8,11-16,18,21,25H,9-10,17,19-20H2. The number of hydrogen-bond donors (Lipinski definition) is 0. The molecule has 0 N–H and O–H groups in total. The van der Waals surface area contributed by atoms with Gasteiger partial charge in [-0.2, -0.15) is 0 Å². The van der Waals surface area contributed by atoms with Crippen LogP contribution in [0.3, 0.4) is 0 Å². The third kappa shape index (κ3) is 3.99. The lowest BCUT2D eigenvalue weighted by Gasteiger charge is -2.33. The first-order chi connectivity index (χ1) is 12.9. The second kappa shape index (κ2) is 8.23. The highest BCUT2D eigenvalue weighted by molar-refractivity contribution is 5.66. The molecular formula is C25H27N. The van der Waals surface area contributed by atoms with Crippen LogP contribution in [0, 0.1) is 5.92 Å². The van der Waals surface area contributed by atoms with E-state index in [0.29, 0.717) is 6.04 Å². The van der Waals surface area contributed by atoms with Gasteiger partial charge in [-0.25, -0.2) is 0 Å². The Kier molecular flexibility index (Phi) is 5.35. The van der Waals surface area contributed by atoms with Gasteiger partial charge in [-0.15, -0.1) is 0 Å². The lowest BCUT2D eigenvalue weighted by molar-refractivity contribution is 0.284. The van der Waals surface area contributed by atoms with Crippen molar-refractivity contribution in [3.05, 3.63) is 102 Å². The number of rotatable bonds is 5. The summed E-state index contributed by atoms with van der Waals surface area (Å²) in [7, 11) is 0. The van der Waals surface area contributed by atoms with E-state index in [1.165, 1.54) is 42.4 Å². The van der Waals surface area contributed by atoms with E-state index >= 15 is 0 Å². The van der Waals surface area contributed by atoms with Crippen LogP contribution in [0.1, 0.15) is 42.9 Å². The van der Waals surface area contributed by atoms with Crippen molar-refractivity contribution in [2.45, 2.75) is 31.7 Å². The molecule has 26 heavy (non-hydrogen) atoms. The van der Waals surface area contributed by atoms with Gasteiger partial charge in [-0.1, -0.05) is 78.9 Å². The minimum atomic E-state index is 0.369. The normalized spacial score (nSPS) is 22.3. The number of hydrogen-bond acceptors (Lipinski definition) is 1. The average Bonchev–Trinajstić information content (AvgIpc) is 2.74. The fourth-order valence-corrected chi connectivity index (χ4v) is 4.15. The van der Waals surface area contributed by atoms with Crippen molar-refractivity contribution in [2.24, 2.45) is 5.92 Å². The highest BCUT2D eigenvalue weighted by Gasteiger charge is 2.20. The Bertz CT molecular complexity index is 785. The quantitative estimate of drug-likeness (QED) is 0.609. The molecule has 0 spiro atoms. The monoisotopic (exact) mass is 341 g/mol. The fraction of sp³-hybridized carbons (Fsp3) is 0.280. The summed E-state index contributed by atoms with van der Waals surface area (Å²) in [4.78, 5) is 2.50. The lowest BCUT2D eigenvalue weighted by Crippen LogP contribution is -2.26. The Balaban J connectivity index is 1.38. The van der Waals surface area contributed by atoms with Gasteiger partial charge in [0.25, 0.3) is 0 Å². The van der Waals surface area contributed by atoms with E-state index in [4.69, 9.17) is 0 Å². The summed E-state index contributed by atoms with van der Waals surface area (Å²) in [5.41, 5.74) is 4.32. The third-order valence-electron chi connectivity index (χ3n) is 5.59. The summed E-state index contributed by atoms with van der Waals surface area (Å²) in [6, 6.07) is 22.1. The van der Waals surface area contributed by atoms with Crippen LogP contribution in [0.2, 0.25) is 0 Å². The molecule has 0 radical (unpaired) electrons. The smallest absolute Gasteiger partial charge is 0.0724 e. The maximum Gasteiger partial charge on any atom is 0.0724 e. The molecule has 2 aromatic rings. The van der Waals surface area contributed by atoms with Crippen molar-refractivity contribution in [2.75, 3.05) is 6.54 Å². The summed E-state index contributed by atoms with van der Waals surface area (Å²) >= 11 is 0. The molecule has 1 aliphatic heterocycles. The summed E-state index contributed by atoms with van der Waals surface area (Å²) in [6.07, 6.45) is 16.4. The van der Waals surface area contributed by atoms with Crippen LogP contribution in [0.4, 0.5) is 0 Å². The minimum absolute atomic E-state index is 0.369. The van der Waals surface area contributed by atoms with E-state index < -0.39 is 0 Å². The second-order valence-corrected chi connectivity index (χ2v) is 7.35.